The summed E-state index contributed by atoms with van der Waals surface area (Å²) in [7, 11) is 0. The summed E-state index contributed by atoms with van der Waals surface area (Å²) in [5.74, 6) is 0. The summed E-state index contributed by atoms with van der Waals surface area (Å²) in [5.41, 5.74) is -0.394. The lowest BCUT2D eigenvalue weighted by Gasteiger charge is -2.56. The standard InChI is InChI=1S/C15H27N3O2/c1-15(2,3)20-14(19)18-12-7-13(18)10-17(9-12)8-11-5-4-6-16-11/h11-13,16H,4-10H2,1-3H3. The van der Waals surface area contributed by atoms with Gasteiger partial charge in [-0.3, -0.25) is 9.80 Å². The third-order valence-corrected chi connectivity index (χ3v) is 4.51. The Bertz CT molecular complexity index is 362. The quantitative estimate of drug-likeness (QED) is 0.832. The van der Waals surface area contributed by atoms with Gasteiger partial charge in [-0.2, -0.15) is 0 Å². The van der Waals surface area contributed by atoms with Crippen LogP contribution >= 0.6 is 0 Å². The second kappa shape index (κ2) is 5.19. The highest BCUT2D eigenvalue weighted by molar-refractivity contribution is 5.70. The Balaban J connectivity index is 1.50. The molecule has 0 radical (unpaired) electrons. The van der Waals surface area contributed by atoms with Crippen molar-refractivity contribution in [3.8, 4) is 0 Å². The Kier molecular flexibility index (Phi) is 3.67. The highest BCUT2D eigenvalue weighted by Crippen LogP contribution is 2.33. The van der Waals surface area contributed by atoms with E-state index in [9.17, 15) is 4.79 Å². The van der Waals surface area contributed by atoms with Gasteiger partial charge in [0.05, 0.1) is 12.1 Å². The summed E-state index contributed by atoms with van der Waals surface area (Å²) < 4.78 is 5.50. The number of hydrogen-bond acceptors (Lipinski definition) is 4. The molecule has 2 bridgehead atoms. The Morgan fingerprint density at radius 3 is 2.55 bits per heavy atom. The molecule has 0 spiro atoms. The lowest BCUT2D eigenvalue weighted by molar-refractivity contribution is -0.0774. The molecular weight excluding hydrogens is 254 g/mol. The van der Waals surface area contributed by atoms with Crippen molar-refractivity contribution < 1.29 is 9.53 Å². The van der Waals surface area contributed by atoms with E-state index in [-0.39, 0.29) is 6.09 Å². The van der Waals surface area contributed by atoms with Crippen molar-refractivity contribution in [2.24, 2.45) is 0 Å². The van der Waals surface area contributed by atoms with Gasteiger partial charge >= 0.3 is 6.09 Å². The molecule has 4 aliphatic heterocycles. The molecule has 1 N–H and O–H groups in total. The van der Waals surface area contributed by atoms with E-state index in [1.807, 2.05) is 25.7 Å². The number of carbonyl (C=O) groups excluding carboxylic acids is 1. The fraction of sp³-hybridized carbons (Fsp3) is 0.933. The number of nitrogens with zero attached hydrogens (tertiary/aromatic N) is 2. The van der Waals surface area contributed by atoms with Crippen LogP contribution in [0, 0.1) is 0 Å². The van der Waals surface area contributed by atoms with Gasteiger partial charge in [-0.05, 0) is 46.6 Å². The number of rotatable bonds is 2. The molecule has 0 aliphatic carbocycles. The fourth-order valence-corrected chi connectivity index (χ4v) is 3.68. The summed E-state index contributed by atoms with van der Waals surface area (Å²) >= 11 is 0. The number of fused-ring (bicyclic) bond motifs is 2. The first kappa shape index (κ1) is 14.1. The van der Waals surface area contributed by atoms with E-state index >= 15 is 0 Å². The van der Waals surface area contributed by atoms with Crippen molar-refractivity contribution in [2.75, 3.05) is 26.2 Å². The Morgan fingerprint density at radius 2 is 2.00 bits per heavy atom. The lowest BCUT2D eigenvalue weighted by atomic mass is 9.87. The molecule has 20 heavy (non-hydrogen) atoms. The Labute approximate surface area is 121 Å². The molecule has 1 amide bonds. The highest BCUT2D eigenvalue weighted by atomic mass is 16.6. The number of nitrogens with one attached hydrogen (secondary N) is 1. The average Bonchev–Trinajstić information content (AvgIpc) is 2.78. The van der Waals surface area contributed by atoms with E-state index in [1.54, 1.807) is 0 Å². The minimum Gasteiger partial charge on any atom is -0.444 e. The normalized spacial score (nSPS) is 34.0. The molecule has 0 saturated carbocycles. The average molecular weight is 281 g/mol. The molecule has 4 aliphatic rings. The third kappa shape index (κ3) is 2.93. The van der Waals surface area contributed by atoms with Crippen LogP contribution in [0.5, 0.6) is 0 Å². The van der Waals surface area contributed by atoms with Gasteiger partial charge in [0.15, 0.2) is 0 Å². The van der Waals surface area contributed by atoms with Crippen LogP contribution in [0.15, 0.2) is 0 Å². The fourth-order valence-electron chi connectivity index (χ4n) is 3.68. The summed E-state index contributed by atoms with van der Waals surface area (Å²) in [6, 6.07) is 1.39. The highest BCUT2D eigenvalue weighted by Gasteiger charge is 2.48. The number of piperidine rings is 1. The van der Waals surface area contributed by atoms with Crippen LogP contribution in [0.25, 0.3) is 0 Å². The van der Waals surface area contributed by atoms with Crippen LogP contribution in [0.3, 0.4) is 0 Å². The second-order valence-electron chi connectivity index (χ2n) is 7.44. The maximum atomic E-state index is 12.2. The lowest BCUT2D eigenvalue weighted by Crippen LogP contribution is -2.71. The maximum Gasteiger partial charge on any atom is 0.410 e. The Hall–Kier alpha value is -0.810. The zero-order valence-electron chi connectivity index (χ0n) is 12.9. The van der Waals surface area contributed by atoms with Gasteiger partial charge in [0.1, 0.15) is 5.60 Å². The summed E-state index contributed by atoms with van der Waals surface area (Å²) in [6.45, 7) is 10.1. The summed E-state index contributed by atoms with van der Waals surface area (Å²) in [4.78, 5) is 16.7. The number of ether oxygens (including phenoxy) is 1. The molecule has 4 rings (SSSR count). The van der Waals surface area contributed by atoms with E-state index in [4.69, 9.17) is 4.74 Å². The van der Waals surface area contributed by atoms with Gasteiger partial charge in [0.2, 0.25) is 0 Å². The topological polar surface area (TPSA) is 44.8 Å². The molecular formula is C15H27N3O2. The molecule has 4 fully saturated rings. The largest absolute Gasteiger partial charge is 0.444 e. The smallest absolute Gasteiger partial charge is 0.410 e. The first-order chi connectivity index (χ1) is 9.42. The van der Waals surface area contributed by atoms with Gasteiger partial charge in [-0.25, -0.2) is 4.79 Å². The van der Waals surface area contributed by atoms with E-state index in [1.165, 1.54) is 12.8 Å². The van der Waals surface area contributed by atoms with Crippen LogP contribution in [-0.4, -0.2) is 65.8 Å². The molecule has 114 valence electrons. The summed E-state index contributed by atoms with van der Waals surface area (Å²) in [6.07, 6.45) is 3.61. The molecule has 5 nitrogen and oxygen atoms in total. The number of carbonyl (C=O) groups is 1. The predicted molar refractivity (Wildman–Crippen MR) is 77.7 cm³/mol. The van der Waals surface area contributed by atoms with Crippen molar-refractivity contribution in [1.82, 2.24) is 15.1 Å². The van der Waals surface area contributed by atoms with Gasteiger partial charge in [-0.1, -0.05) is 0 Å². The van der Waals surface area contributed by atoms with Crippen LogP contribution in [0.2, 0.25) is 0 Å². The number of hydrogen-bond donors (Lipinski definition) is 1. The van der Waals surface area contributed by atoms with Crippen molar-refractivity contribution in [2.45, 2.75) is 63.8 Å². The van der Waals surface area contributed by atoms with E-state index in [2.05, 4.69) is 10.2 Å². The SMILES string of the molecule is CC(C)(C)OC(=O)N1C2CC1CN(CC1CCCN1)C2. The first-order valence-electron chi connectivity index (χ1n) is 7.89. The molecule has 0 aromatic heterocycles. The zero-order chi connectivity index (χ0) is 14.3. The number of amides is 1. The van der Waals surface area contributed by atoms with Crippen LogP contribution in [-0.2, 0) is 4.74 Å². The van der Waals surface area contributed by atoms with E-state index in [0.717, 1.165) is 32.6 Å². The van der Waals surface area contributed by atoms with Crippen LogP contribution < -0.4 is 5.32 Å². The van der Waals surface area contributed by atoms with Crippen LogP contribution in [0.1, 0.15) is 40.0 Å². The molecule has 3 atom stereocenters. The predicted octanol–water partition coefficient (Wildman–Crippen LogP) is 1.43. The number of piperazine rings is 1. The maximum absolute atomic E-state index is 12.2. The van der Waals surface area contributed by atoms with Crippen molar-refractivity contribution >= 4 is 6.09 Å². The molecule has 0 aromatic carbocycles. The minimum atomic E-state index is -0.394. The van der Waals surface area contributed by atoms with Crippen molar-refractivity contribution in [3.05, 3.63) is 0 Å². The third-order valence-electron chi connectivity index (χ3n) is 4.51. The summed E-state index contributed by atoms with van der Waals surface area (Å²) in [5, 5.41) is 3.55. The molecule has 0 aromatic rings. The van der Waals surface area contributed by atoms with Crippen molar-refractivity contribution in [3.63, 3.8) is 0 Å². The molecule has 4 heterocycles. The molecule has 4 saturated heterocycles. The Morgan fingerprint density at radius 1 is 1.30 bits per heavy atom. The first-order valence-corrected chi connectivity index (χ1v) is 7.89. The van der Waals surface area contributed by atoms with Gasteiger partial charge in [0.25, 0.3) is 0 Å². The zero-order valence-corrected chi connectivity index (χ0v) is 12.9. The van der Waals surface area contributed by atoms with Gasteiger partial charge in [-0.15, -0.1) is 0 Å². The van der Waals surface area contributed by atoms with Gasteiger partial charge in [0, 0.05) is 25.7 Å². The van der Waals surface area contributed by atoms with Crippen LogP contribution in [0.4, 0.5) is 4.79 Å². The minimum absolute atomic E-state index is 0.127. The second-order valence-corrected chi connectivity index (χ2v) is 7.44. The van der Waals surface area contributed by atoms with Gasteiger partial charge < -0.3 is 10.1 Å². The van der Waals surface area contributed by atoms with E-state index < -0.39 is 5.60 Å². The van der Waals surface area contributed by atoms with Crippen molar-refractivity contribution in [1.29, 1.82) is 0 Å². The monoisotopic (exact) mass is 281 g/mol. The molecule has 5 heteroatoms. The van der Waals surface area contributed by atoms with E-state index in [0.29, 0.717) is 18.1 Å². The molecule has 3 unspecified atom stereocenters.